The molecule has 1 fully saturated rings. The van der Waals surface area contributed by atoms with Crippen LogP contribution in [0.4, 0.5) is 4.39 Å². The molecule has 0 saturated heterocycles. The van der Waals surface area contributed by atoms with E-state index in [0.29, 0.717) is 5.56 Å². The molecular formula is C21H22FNO4. The van der Waals surface area contributed by atoms with Gasteiger partial charge in [-0.05, 0) is 61.6 Å². The van der Waals surface area contributed by atoms with Crippen LogP contribution in [0.15, 0.2) is 48.5 Å². The molecule has 0 aliphatic heterocycles. The standard InChI is InChI=1S/C21H22FNO4/c22-16-5-3-4-15(12-16)21(26)23-19(13-20(24)25)14-8-10-18(11-9-14)27-17-6-1-2-7-17/h3-5,8-12,17,19H,1-2,6-7,13H2,(H,23,26)(H,24,25)/t19-/m1/s1. The normalized spacial score (nSPS) is 15.3. The summed E-state index contributed by atoms with van der Waals surface area (Å²) < 4.78 is 19.2. The van der Waals surface area contributed by atoms with Gasteiger partial charge in [0, 0.05) is 5.56 Å². The SMILES string of the molecule is O=C(O)C[C@@H](NC(=O)c1cccc(F)c1)c1ccc(OC2CCCC2)cc1. The van der Waals surface area contributed by atoms with Crippen LogP contribution in [0, 0.1) is 5.82 Å². The monoisotopic (exact) mass is 371 g/mol. The van der Waals surface area contributed by atoms with E-state index in [0.717, 1.165) is 24.7 Å². The average molecular weight is 371 g/mol. The summed E-state index contributed by atoms with van der Waals surface area (Å²) in [5.41, 5.74) is 0.799. The summed E-state index contributed by atoms with van der Waals surface area (Å²) in [5, 5.41) is 11.9. The van der Waals surface area contributed by atoms with Gasteiger partial charge in [-0.15, -0.1) is 0 Å². The number of carbonyl (C=O) groups is 2. The lowest BCUT2D eigenvalue weighted by Crippen LogP contribution is -2.30. The summed E-state index contributed by atoms with van der Waals surface area (Å²) in [5.74, 6) is -1.35. The fourth-order valence-corrected chi connectivity index (χ4v) is 3.28. The predicted octanol–water partition coefficient (Wildman–Crippen LogP) is 4.09. The maximum Gasteiger partial charge on any atom is 0.305 e. The lowest BCUT2D eigenvalue weighted by Gasteiger charge is -2.19. The van der Waals surface area contributed by atoms with E-state index in [-0.39, 0.29) is 18.1 Å². The number of hydrogen-bond donors (Lipinski definition) is 2. The second-order valence-electron chi connectivity index (χ2n) is 6.73. The van der Waals surface area contributed by atoms with E-state index in [1.807, 2.05) is 0 Å². The van der Waals surface area contributed by atoms with Crippen molar-refractivity contribution in [3.8, 4) is 5.75 Å². The molecule has 0 heterocycles. The number of carbonyl (C=O) groups excluding carboxylic acids is 1. The lowest BCUT2D eigenvalue weighted by atomic mass is 10.0. The van der Waals surface area contributed by atoms with E-state index in [1.165, 1.54) is 31.0 Å². The summed E-state index contributed by atoms with van der Waals surface area (Å²) in [6, 6.07) is 11.6. The molecule has 5 nitrogen and oxygen atoms in total. The molecular weight excluding hydrogens is 349 g/mol. The highest BCUT2D eigenvalue weighted by molar-refractivity contribution is 5.94. The Kier molecular flexibility index (Phi) is 6.06. The van der Waals surface area contributed by atoms with Gasteiger partial charge in [0.2, 0.25) is 0 Å². The Balaban J connectivity index is 1.71. The van der Waals surface area contributed by atoms with Crippen LogP contribution in [0.3, 0.4) is 0 Å². The molecule has 2 aromatic carbocycles. The smallest absolute Gasteiger partial charge is 0.305 e. The zero-order valence-corrected chi connectivity index (χ0v) is 14.9. The number of ether oxygens (including phenoxy) is 1. The van der Waals surface area contributed by atoms with Crippen LogP contribution < -0.4 is 10.1 Å². The third kappa shape index (κ3) is 5.29. The lowest BCUT2D eigenvalue weighted by molar-refractivity contribution is -0.137. The maximum atomic E-state index is 13.3. The third-order valence-corrected chi connectivity index (χ3v) is 4.66. The van der Waals surface area contributed by atoms with E-state index in [9.17, 15) is 19.1 Å². The summed E-state index contributed by atoms with van der Waals surface area (Å²) in [7, 11) is 0. The Morgan fingerprint density at radius 3 is 2.48 bits per heavy atom. The molecule has 0 unspecified atom stereocenters. The Labute approximate surface area is 157 Å². The first-order chi connectivity index (χ1) is 13.0. The topological polar surface area (TPSA) is 75.6 Å². The molecule has 0 spiro atoms. The number of amides is 1. The fourth-order valence-electron chi connectivity index (χ4n) is 3.28. The summed E-state index contributed by atoms with van der Waals surface area (Å²) >= 11 is 0. The molecule has 0 bridgehead atoms. The van der Waals surface area contributed by atoms with E-state index < -0.39 is 23.7 Å². The van der Waals surface area contributed by atoms with Gasteiger partial charge in [-0.1, -0.05) is 18.2 Å². The van der Waals surface area contributed by atoms with Gasteiger partial charge in [-0.3, -0.25) is 9.59 Å². The van der Waals surface area contributed by atoms with Gasteiger partial charge in [0.1, 0.15) is 11.6 Å². The third-order valence-electron chi connectivity index (χ3n) is 4.66. The number of benzene rings is 2. The Morgan fingerprint density at radius 1 is 1.15 bits per heavy atom. The maximum absolute atomic E-state index is 13.3. The van der Waals surface area contributed by atoms with E-state index >= 15 is 0 Å². The zero-order valence-electron chi connectivity index (χ0n) is 14.9. The van der Waals surface area contributed by atoms with Crippen LogP contribution in [-0.2, 0) is 4.79 Å². The largest absolute Gasteiger partial charge is 0.490 e. The van der Waals surface area contributed by atoms with Crippen molar-refractivity contribution in [1.29, 1.82) is 0 Å². The van der Waals surface area contributed by atoms with Crippen LogP contribution in [0.1, 0.15) is 54.1 Å². The van der Waals surface area contributed by atoms with Gasteiger partial charge >= 0.3 is 5.97 Å². The minimum atomic E-state index is -1.04. The molecule has 27 heavy (non-hydrogen) atoms. The molecule has 2 N–H and O–H groups in total. The number of nitrogens with one attached hydrogen (secondary N) is 1. The van der Waals surface area contributed by atoms with E-state index in [4.69, 9.17) is 4.74 Å². The highest BCUT2D eigenvalue weighted by atomic mass is 19.1. The van der Waals surface area contributed by atoms with Crippen molar-refractivity contribution in [2.75, 3.05) is 0 Å². The van der Waals surface area contributed by atoms with Gasteiger partial charge in [0.15, 0.2) is 0 Å². The van der Waals surface area contributed by atoms with Crippen molar-refractivity contribution in [2.45, 2.75) is 44.2 Å². The first-order valence-electron chi connectivity index (χ1n) is 9.06. The van der Waals surface area contributed by atoms with Crippen LogP contribution in [0.5, 0.6) is 5.75 Å². The Bertz CT molecular complexity index is 800. The van der Waals surface area contributed by atoms with Crippen LogP contribution in [0.2, 0.25) is 0 Å². The van der Waals surface area contributed by atoms with E-state index in [2.05, 4.69) is 5.32 Å². The molecule has 0 radical (unpaired) electrons. The molecule has 1 aliphatic rings. The first-order valence-corrected chi connectivity index (χ1v) is 9.06. The molecule has 1 aliphatic carbocycles. The number of carboxylic acid groups (broad SMARTS) is 1. The van der Waals surface area contributed by atoms with Crippen molar-refractivity contribution < 1.29 is 23.8 Å². The predicted molar refractivity (Wildman–Crippen MR) is 98.2 cm³/mol. The number of carboxylic acids is 1. The molecule has 3 rings (SSSR count). The van der Waals surface area contributed by atoms with Gasteiger partial charge < -0.3 is 15.2 Å². The molecule has 6 heteroatoms. The number of halogens is 1. The quantitative estimate of drug-likeness (QED) is 0.769. The van der Waals surface area contributed by atoms with E-state index in [1.54, 1.807) is 24.3 Å². The van der Waals surface area contributed by atoms with Crippen molar-refractivity contribution in [1.82, 2.24) is 5.32 Å². The van der Waals surface area contributed by atoms with Gasteiger partial charge in [-0.2, -0.15) is 0 Å². The van der Waals surface area contributed by atoms with Crippen LogP contribution in [-0.4, -0.2) is 23.1 Å². The summed E-state index contributed by atoms with van der Waals surface area (Å²) in [6.07, 6.45) is 4.41. The first kappa shape index (κ1) is 18.9. The fraction of sp³-hybridized carbons (Fsp3) is 0.333. The van der Waals surface area contributed by atoms with Crippen molar-refractivity contribution in [2.24, 2.45) is 0 Å². The summed E-state index contributed by atoms with van der Waals surface area (Å²) in [6.45, 7) is 0. The Hall–Kier alpha value is -2.89. The number of hydrogen-bond acceptors (Lipinski definition) is 3. The van der Waals surface area contributed by atoms with Gasteiger partial charge in [-0.25, -0.2) is 4.39 Å². The number of rotatable bonds is 7. The van der Waals surface area contributed by atoms with Crippen LogP contribution in [0.25, 0.3) is 0 Å². The highest BCUT2D eigenvalue weighted by Gasteiger charge is 2.20. The van der Waals surface area contributed by atoms with Crippen molar-refractivity contribution >= 4 is 11.9 Å². The molecule has 142 valence electrons. The molecule has 2 aromatic rings. The van der Waals surface area contributed by atoms with Crippen LogP contribution >= 0.6 is 0 Å². The van der Waals surface area contributed by atoms with Gasteiger partial charge in [0.25, 0.3) is 5.91 Å². The second-order valence-corrected chi connectivity index (χ2v) is 6.73. The second kappa shape index (κ2) is 8.66. The molecule has 1 atom stereocenters. The molecule has 1 amide bonds. The average Bonchev–Trinajstić information content (AvgIpc) is 3.14. The van der Waals surface area contributed by atoms with Gasteiger partial charge in [0.05, 0.1) is 18.6 Å². The number of aliphatic carboxylic acids is 1. The molecule has 0 aromatic heterocycles. The van der Waals surface area contributed by atoms with Crippen molar-refractivity contribution in [3.63, 3.8) is 0 Å². The minimum Gasteiger partial charge on any atom is -0.490 e. The Morgan fingerprint density at radius 2 is 1.85 bits per heavy atom. The van der Waals surface area contributed by atoms with Crippen molar-refractivity contribution in [3.05, 3.63) is 65.5 Å². The highest BCUT2D eigenvalue weighted by Crippen LogP contribution is 2.26. The summed E-state index contributed by atoms with van der Waals surface area (Å²) in [4.78, 5) is 23.6. The zero-order chi connectivity index (χ0) is 19.2. The minimum absolute atomic E-state index is 0.145. The molecule has 1 saturated carbocycles.